The van der Waals surface area contributed by atoms with Crippen LogP contribution in [0, 0.1) is 17.0 Å². The van der Waals surface area contributed by atoms with Gasteiger partial charge in [-0.15, -0.1) is 11.3 Å². The van der Waals surface area contributed by atoms with Crippen LogP contribution >= 0.6 is 11.3 Å². The lowest BCUT2D eigenvalue weighted by Crippen LogP contribution is -2.14. The first-order valence-electron chi connectivity index (χ1n) is 8.11. The second-order valence-corrected chi connectivity index (χ2v) is 6.83. The zero-order valence-electron chi connectivity index (χ0n) is 14.2. The fourth-order valence-electron chi connectivity index (χ4n) is 2.89. The Morgan fingerprint density at radius 1 is 1.26 bits per heavy atom. The van der Waals surface area contributed by atoms with E-state index >= 15 is 0 Å². The first-order chi connectivity index (χ1) is 13.0. The number of hydrogen-bond donors (Lipinski definition) is 1. The Labute approximate surface area is 158 Å². The summed E-state index contributed by atoms with van der Waals surface area (Å²) in [6.45, 7) is 1.57. The molecule has 0 atom stereocenters. The summed E-state index contributed by atoms with van der Waals surface area (Å²) in [7, 11) is 0. The standard InChI is InChI=1S/C19H14N4O3S/c1-12-15(6-3-7-17(12)23(25)26)18(24)20-14-5-2-4-13(10-14)16-11-22-8-9-27-19(22)21-16/h2-11H,1H3,(H,20,24). The number of imidazole rings is 1. The minimum Gasteiger partial charge on any atom is -0.322 e. The van der Waals surface area contributed by atoms with Gasteiger partial charge in [-0.1, -0.05) is 18.2 Å². The predicted molar refractivity (Wildman–Crippen MR) is 104 cm³/mol. The van der Waals surface area contributed by atoms with Crippen molar-refractivity contribution in [3.8, 4) is 11.3 Å². The fraction of sp³-hybridized carbons (Fsp3) is 0.0526. The summed E-state index contributed by atoms with van der Waals surface area (Å²) < 4.78 is 1.94. The fourth-order valence-corrected chi connectivity index (χ4v) is 3.59. The highest BCUT2D eigenvalue weighted by Crippen LogP contribution is 2.25. The topological polar surface area (TPSA) is 89.5 Å². The van der Waals surface area contributed by atoms with E-state index in [9.17, 15) is 14.9 Å². The van der Waals surface area contributed by atoms with Crippen LogP contribution in [0.15, 0.2) is 60.2 Å². The lowest BCUT2D eigenvalue weighted by atomic mass is 10.1. The molecule has 0 spiro atoms. The molecule has 0 aliphatic carbocycles. The number of carbonyl (C=O) groups excluding carboxylic acids is 1. The highest BCUT2D eigenvalue weighted by atomic mass is 32.1. The Bertz CT molecular complexity index is 1150. The number of nitro groups is 1. The third-order valence-electron chi connectivity index (χ3n) is 4.26. The van der Waals surface area contributed by atoms with Crippen molar-refractivity contribution >= 4 is 33.6 Å². The maximum Gasteiger partial charge on any atom is 0.273 e. The highest BCUT2D eigenvalue weighted by Gasteiger charge is 2.18. The third-order valence-corrected chi connectivity index (χ3v) is 5.03. The van der Waals surface area contributed by atoms with E-state index in [2.05, 4.69) is 10.3 Å². The van der Waals surface area contributed by atoms with E-state index in [1.807, 2.05) is 40.4 Å². The molecule has 0 saturated heterocycles. The highest BCUT2D eigenvalue weighted by molar-refractivity contribution is 7.15. The van der Waals surface area contributed by atoms with E-state index in [-0.39, 0.29) is 17.2 Å². The van der Waals surface area contributed by atoms with Gasteiger partial charge in [0.15, 0.2) is 4.96 Å². The molecule has 0 saturated carbocycles. The Hall–Kier alpha value is -3.52. The van der Waals surface area contributed by atoms with Crippen molar-refractivity contribution in [2.45, 2.75) is 6.92 Å². The first-order valence-corrected chi connectivity index (χ1v) is 8.99. The van der Waals surface area contributed by atoms with Gasteiger partial charge in [0.1, 0.15) is 0 Å². The number of hydrogen-bond acceptors (Lipinski definition) is 5. The Kier molecular flexibility index (Phi) is 4.17. The van der Waals surface area contributed by atoms with E-state index in [1.54, 1.807) is 30.4 Å². The lowest BCUT2D eigenvalue weighted by Gasteiger charge is -2.09. The summed E-state index contributed by atoms with van der Waals surface area (Å²) in [5.74, 6) is -0.390. The van der Waals surface area contributed by atoms with Crippen molar-refractivity contribution < 1.29 is 9.72 Å². The molecule has 0 fully saturated rings. The van der Waals surface area contributed by atoms with Gasteiger partial charge in [0.2, 0.25) is 0 Å². The molecule has 7 nitrogen and oxygen atoms in total. The van der Waals surface area contributed by atoms with Gasteiger partial charge in [0.05, 0.1) is 10.6 Å². The molecule has 0 aliphatic heterocycles. The number of aromatic nitrogens is 2. The summed E-state index contributed by atoms with van der Waals surface area (Å²) in [5, 5.41) is 15.8. The lowest BCUT2D eigenvalue weighted by molar-refractivity contribution is -0.385. The van der Waals surface area contributed by atoms with Crippen LogP contribution in [0.25, 0.3) is 16.2 Å². The second-order valence-electron chi connectivity index (χ2n) is 5.96. The van der Waals surface area contributed by atoms with Crippen molar-refractivity contribution in [3.05, 3.63) is 81.5 Å². The Balaban J connectivity index is 1.62. The molecule has 4 rings (SSSR count). The quantitative estimate of drug-likeness (QED) is 0.417. The summed E-state index contributed by atoms with van der Waals surface area (Å²) >= 11 is 1.55. The molecule has 0 radical (unpaired) electrons. The summed E-state index contributed by atoms with van der Waals surface area (Å²) in [6.07, 6.45) is 3.87. The van der Waals surface area contributed by atoms with Crippen molar-refractivity contribution in [1.82, 2.24) is 9.38 Å². The molecule has 2 heterocycles. The molecule has 27 heavy (non-hydrogen) atoms. The summed E-state index contributed by atoms with van der Waals surface area (Å²) in [6, 6.07) is 11.8. The number of anilines is 1. The van der Waals surface area contributed by atoms with Gasteiger partial charge in [0, 0.05) is 46.2 Å². The number of nitro benzene ring substituents is 1. The van der Waals surface area contributed by atoms with Crippen LogP contribution in [0.2, 0.25) is 0 Å². The largest absolute Gasteiger partial charge is 0.322 e. The van der Waals surface area contributed by atoms with E-state index < -0.39 is 4.92 Å². The minimum atomic E-state index is -0.489. The maximum absolute atomic E-state index is 12.6. The SMILES string of the molecule is Cc1c(C(=O)Nc2cccc(-c3cn4ccsc4n3)c2)cccc1[N+](=O)[O-]. The zero-order valence-corrected chi connectivity index (χ0v) is 15.1. The van der Waals surface area contributed by atoms with Crippen molar-refractivity contribution in [1.29, 1.82) is 0 Å². The average molecular weight is 378 g/mol. The molecule has 2 aromatic heterocycles. The van der Waals surface area contributed by atoms with Gasteiger partial charge in [-0.3, -0.25) is 19.3 Å². The third kappa shape index (κ3) is 3.18. The number of thiazole rings is 1. The monoisotopic (exact) mass is 378 g/mol. The molecule has 1 amide bonds. The van der Waals surface area contributed by atoms with Gasteiger partial charge in [-0.05, 0) is 25.1 Å². The van der Waals surface area contributed by atoms with E-state index in [0.29, 0.717) is 11.3 Å². The van der Waals surface area contributed by atoms with Gasteiger partial charge in [-0.25, -0.2) is 4.98 Å². The predicted octanol–water partition coefficient (Wildman–Crippen LogP) is 4.53. The molecular formula is C19H14N4O3S. The van der Waals surface area contributed by atoms with Crippen molar-refractivity contribution in [2.24, 2.45) is 0 Å². The number of carbonyl (C=O) groups is 1. The van der Waals surface area contributed by atoms with Crippen LogP contribution in [0.3, 0.4) is 0 Å². The number of benzene rings is 2. The van der Waals surface area contributed by atoms with Gasteiger partial charge in [0.25, 0.3) is 11.6 Å². The Morgan fingerprint density at radius 3 is 2.85 bits per heavy atom. The molecule has 2 aromatic carbocycles. The Morgan fingerprint density at radius 2 is 2.07 bits per heavy atom. The van der Waals surface area contributed by atoms with Crippen LogP contribution in [0.5, 0.6) is 0 Å². The first kappa shape index (κ1) is 16.9. The van der Waals surface area contributed by atoms with Gasteiger partial charge >= 0.3 is 0 Å². The molecule has 1 N–H and O–H groups in total. The number of amides is 1. The van der Waals surface area contributed by atoms with Gasteiger partial charge < -0.3 is 5.32 Å². The molecule has 0 aliphatic rings. The zero-order chi connectivity index (χ0) is 19.0. The molecule has 134 valence electrons. The normalized spacial score (nSPS) is 10.9. The van der Waals surface area contributed by atoms with Gasteiger partial charge in [-0.2, -0.15) is 0 Å². The molecule has 0 unspecified atom stereocenters. The van der Waals surface area contributed by atoms with Crippen LogP contribution < -0.4 is 5.32 Å². The molecule has 0 bridgehead atoms. The second kappa shape index (κ2) is 6.65. The van der Waals surface area contributed by atoms with Crippen molar-refractivity contribution in [3.63, 3.8) is 0 Å². The van der Waals surface area contributed by atoms with Crippen LogP contribution in [-0.4, -0.2) is 20.2 Å². The maximum atomic E-state index is 12.6. The summed E-state index contributed by atoms with van der Waals surface area (Å²) in [5.41, 5.74) is 2.82. The van der Waals surface area contributed by atoms with Crippen LogP contribution in [0.1, 0.15) is 15.9 Å². The van der Waals surface area contributed by atoms with Crippen LogP contribution in [-0.2, 0) is 0 Å². The average Bonchev–Trinajstić information content (AvgIpc) is 3.23. The molecule has 4 aromatic rings. The van der Waals surface area contributed by atoms with E-state index in [0.717, 1.165) is 16.2 Å². The van der Waals surface area contributed by atoms with Crippen LogP contribution in [0.4, 0.5) is 11.4 Å². The van der Waals surface area contributed by atoms with Crippen molar-refractivity contribution in [2.75, 3.05) is 5.32 Å². The van der Waals surface area contributed by atoms with E-state index in [1.165, 1.54) is 12.1 Å². The molecular weight excluding hydrogens is 364 g/mol. The smallest absolute Gasteiger partial charge is 0.273 e. The number of rotatable bonds is 4. The minimum absolute atomic E-state index is 0.0746. The number of nitrogens with one attached hydrogen (secondary N) is 1. The molecule has 8 heteroatoms. The number of nitrogens with zero attached hydrogens (tertiary/aromatic N) is 3. The van der Waals surface area contributed by atoms with E-state index in [4.69, 9.17) is 0 Å². The number of fused-ring (bicyclic) bond motifs is 1. The summed E-state index contributed by atoms with van der Waals surface area (Å²) in [4.78, 5) is 28.6.